The highest BCUT2D eigenvalue weighted by atomic mass is 16.5. The van der Waals surface area contributed by atoms with Crippen LogP contribution in [0.5, 0.6) is 11.5 Å². The molecule has 2 aromatic rings. The van der Waals surface area contributed by atoms with E-state index in [0.29, 0.717) is 24.7 Å². The summed E-state index contributed by atoms with van der Waals surface area (Å²) in [6, 6.07) is 13.8. The van der Waals surface area contributed by atoms with E-state index < -0.39 is 18.0 Å². The van der Waals surface area contributed by atoms with Crippen molar-refractivity contribution in [1.82, 2.24) is 15.5 Å². The largest absolute Gasteiger partial charge is 0.493 e. The number of amides is 3. The normalized spacial score (nSPS) is 11.6. The molecular weight excluding hydrogens is 358 g/mol. The molecule has 3 amide bonds. The fraction of sp³-hybridized carbons (Fsp3) is 0.333. The van der Waals surface area contributed by atoms with Crippen LogP contribution in [-0.2, 0) is 11.3 Å². The van der Waals surface area contributed by atoms with Crippen LogP contribution in [0, 0.1) is 0 Å². The number of methoxy groups -OCH3 is 1. The Hall–Kier alpha value is -3.06. The maximum Gasteiger partial charge on any atom is 0.321 e. The molecule has 2 N–H and O–H groups in total. The first kappa shape index (κ1) is 21.2. The highest BCUT2D eigenvalue weighted by Gasteiger charge is 2.26. The fourth-order valence-electron chi connectivity index (χ4n) is 2.95. The van der Waals surface area contributed by atoms with Gasteiger partial charge in [0.15, 0.2) is 11.5 Å². The van der Waals surface area contributed by atoms with E-state index >= 15 is 0 Å². The van der Waals surface area contributed by atoms with Gasteiger partial charge in [-0.1, -0.05) is 36.4 Å². The van der Waals surface area contributed by atoms with Crippen molar-refractivity contribution in [3.8, 4) is 11.5 Å². The first-order valence-corrected chi connectivity index (χ1v) is 9.07. The Morgan fingerprint density at radius 2 is 1.82 bits per heavy atom. The zero-order valence-electron chi connectivity index (χ0n) is 16.7. The van der Waals surface area contributed by atoms with Crippen molar-refractivity contribution >= 4 is 11.9 Å². The van der Waals surface area contributed by atoms with Gasteiger partial charge in [-0.05, 0) is 37.2 Å². The minimum Gasteiger partial charge on any atom is -0.493 e. The maximum atomic E-state index is 12.7. The van der Waals surface area contributed by atoms with Gasteiger partial charge in [0.1, 0.15) is 6.04 Å². The molecular formula is C21H27N3O4. The number of nitrogens with one attached hydrogen (secondary N) is 2. The Morgan fingerprint density at radius 3 is 2.43 bits per heavy atom. The molecule has 0 aliphatic rings. The van der Waals surface area contributed by atoms with Crippen LogP contribution in [0.2, 0.25) is 0 Å². The van der Waals surface area contributed by atoms with Gasteiger partial charge in [0.05, 0.1) is 13.7 Å². The lowest BCUT2D eigenvalue weighted by Crippen LogP contribution is -2.44. The zero-order valence-corrected chi connectivity index (χ0v) is 16.7. The standard InChI is InChI=1S/C21H27N3O4/c1-5-28-17-12-11-15(13-18(17)27-4)14-24(3)19(16-9-7-6-8-10-16)20(25)23-21(26)22-2/h6-13,19H,5,14H2,1-4H3,(H2,22,23,25,26)/t19-/m1/s1. The van der Waals surface area contributed by atoms with Crippen molar-refractivity contribution in [3.63, 3.8) is 0 Å². The van der Waals surface area contributed by atoms with Crippen LogP contribution in [0.3, 0.4) is 0 Å². The van der Waals surface area contributed by atoms with Crippen molar-refractivity contribution in [3.05, 3.63) is 59.7 Å². The number of hydrogen-bond acceptors (Lipinski definition) is 5. The number of carbonyl (C=O) groups excluding carboxylic acids is 2. The summed E-state index contributed by atoms with van der Waals surface area (Å²) in [4.78, 5) is 26.3. The molecule has 0 aromatic heterocycles. The van der Waals surface area contributed by atoms with Gasteiger partial charge in [0.25, 0.3) is 0 Å². The molecule has 0 saturated heterocycles. The lowest BCUT2D eigenvalue weighted by atomic mass is 10.0. The quantitative estimate of drug-likeness (QED) is 0.730. The molecule has 0 radical (unpaired) electrons. The van der Waals surface area contributed by atoms with Crippen molar-refractivity contribution < 1.29 is 19.1 Å². The fourth-order valence-corrected chi connectivity index (χ4v) is 2.95. The average Bonchev–Trinajstić information content (AvgIpc) is 2.70. The van der Waals surface area contributed by atoms with Gasteiger partial charge in [-0.2, -0.15) is 0 Å². The molecule has 0 aliphatic carbocycles. The van der Waals surface area contributed by atoms with E-state index in [1.165, 1.54) is 7.05 Å². The summed E-state index contributed by atoms with van der Waals surface area (Å²) in [6.45, 7) is 2.94. The highest BCUT2D eigenvalue weighted by Crippen LogP contribution is 2.29. The van der Waals surface area contributed by atoms with Gasteiger partial charge >= 0.3 is 6.03 Å². The lowest BCUT2D eigenvalue weighted by molar-refractivity contribution is -0.125. The van der Waals surface area contributed by atoms with Gasteiger partial charge in [-0.25, -0.2) is 4.79 Å². The number of hydrogen-bond donors (Lipinski definition) is 2. The summed E-state index contributed by atoms with van der Waals surface area (Å²) in [5.41, 5.74) is 1.75. The van der Waals surface area contributed by atoms with Gasteiger partial charge in [0.2, 0.25) is 5.91 Å². The highest BCUT2D eigenvalue weighted by molar-refractivity contribution is 5.97. The molecule has 0 unspecified atom stereocenters. The monoisotopic (exact) mass is 385 g/mol. The van der Waals surface area contributed by atoms with Crippen LogP contribution in [0.1, 0.15) is 24.1 Å². The number of urea groups is 1. The Bertz CT molecular complexity index is 795. The van der Waals surface area contributed by atoms with Crippen molar-refractivity contribution in [2.75, 3.05) is 27.8 Å². The average molecular weight is 385 g/mol. The van der Waals surface area contributed by atoms with E-state index in [4.69, 9.17) is 9.47 Å². The molecule has 0 heterocycles. The van der Waals surface area contributed by atoms with E-state index in [0.717, 1.165) is 11.1 Å². The number of likely N-dealkylation sites (N-methyl/N-ethyl adjacent to an activating group) is 1. The van der Waals surface area contributed by atoms with Crippen LogP contribution in [-0.4, -0.2) is 44.7 Å². The molecule has 0 saturated carbocycles. The summed E-state index contributed by atoms with van der Waals surface area (Å²) in [6.07, 6.45) is 0. The first-order valence-electron chi connectivity index (χ1n) is 9.07. The second kappa shape index (κ2) is 10.3. The summed E-state index contributed by atoms with van der Waals surface area (Å²) in [5.74, 6) is 0.915. The minimum absolute atomic E-state index is 0.397. The van der Waals surface area contributed by atoms with Gasteiger partial charge in [-0.3, -0.25) is 15.0 Å². The number of nitrogens with zero attached hydrogens (tertiary/aromatic N) is 1. The van der Waals surface area contributed by atoms with Crippen LogP contribution in [0.4, 0.5) is 4.79 Å². The third kappa shape index (κ3) is 5.47. The van der Waals surface area contributed by atoms with Crippen molar-refractivity contribution in [1.29, 1.82) is 0 Å². The number of carbonyl (C=O) groups is 2. The van der Waals surface area contributed by atoms with E-state index in [2.05, 4.69) is 10.6 Å². The zero-order chi connectivity index (χ0) is 20.5. The molecule has 0 spiro atoms. The molecule has 7 heteroatoms. The summed E-state index contributed by atoms with van der Waals surface area (Å²) < 4.78 is 11.0. The van der Waals surface area contributed by atoms with E-state index in [9.17, 15) is 9.59 Å². The van der Waals surface area contributed by atoms with Crippen LogP contribution in [0.15, 0.2) is 48.5 Å². The minimum atomic E-state index is -0.629. The number of rotatable bonds is 8. The van der Waals surface area contributed by atoms with Crippen molar-refractivity contribution in [2.45, 2.75) is 19.5 Å². The second-order valence-corrected chi connectivity index (χ2v) is 6.21. The summed E-state index contributed by atoms with van der Waals surface area (Å²) in [5, 5.41) is 4.77. The SMILES string of the molecule is CCOc1ccc(CN(C)[C@@H](C(=O)NC(=O)NC)c2ccccc2)cc1OC. The van der Waals surface area contributed by atoms with E-state index in [1.54, 1.807) is 7.11 Å². The lowest BCUT2D eigenvalue weighted by Gasteiger charge is -2.27. The predicted molar refractivity (Wildman–Crippen MR) is 107 cm³/mol. The Labute approximate surface area is 165 Å². The van der Waals surface area contributed by atoms with Crippen LogP contribution < -0.4 is 20.1 Å². The number of imide groups is 1. The maximum absolute atomic E-state index is 12.7. The molecule has 150 valence electrons. The topological polar surface area (TPSA) is 79.9 Å². The number of benzene rings is 2. The Balaban J connectivity index is 2.26. The third-order valence-corrected chi connectivity index (χ3v) is 4.23. The van der Waals surface area contributed by atoms with Crippen LogP contribution in [0.25, 0.3) is 0 Å². The Kier molecular flexibility index (Phi) is 7.83. The molecule has 0 fully saturated rings. The van der Waals surface area contributed by atoms with Gasteiger partial charge in [-0.15, -0.1) is 0 Å². The van der Waals surface area contributed by atoms with Gasteiger partial charge < -0.3 is 14.8 Å². The third-order valence-electron chi connectivity index (χ3n) is 4.23. The summed E-state index contributed by atoms with van der Waals surface area (Å²) >= 11 is 0. The molecule has 0 bridgehead atoms. The van der Waals surface area contributed by atoms with E-state index in [-0.39, 0.29) is 0 Å². The first-order chi connectivity index (χ1) is 13.5. The molecule has 1 atom stereocenters. The van der Waals surface area contributed by atoms with E-state index in [1.807, 2.05) is 67.4 Å². The van der Waals surface area contributed by atoms with Crippen LogP contribution >= 0.6 is 0 Å². The summed E-state index contributed by atoms with van der Waals surface area (Å²) in [7, 11) is 4.90. The van der Waals surface area contributed by atoms with Crippen molar-refractivity contribution in [2.24, 2.45) is 0 Å². The second-order valence-electron chi connectivity index (χ2n) is 6.21. The predicted octanol–water partition coefficient (Wildman–Crippen LogP) is 2.72. The molecule has 2 aromatic carbocycles. The molecule has 7 nitrogen and oxygen atoms in total. The Morgan fingerprint density at radius 1 is 1.11 bits per heavy atom. The van der Waals surface area contributed by atoms with Gasteiger partial charge in [0, 0.05) is 13.6 Å². The smallest absolute Gasteiger partial charge is 0.321 e. The molecule has 28 heavy (non-hydrogen) atoms. The molecule has 0 aliphatic heterocycles. The molecule has 2 rings (SSSR count). The number of ether oxygens (including phenoxy) is 2.